The molecule has 0 aliphatic carbocycles. The minimum atomic E-state index is -0.291. The second-order valence-corrected chi connectivity index (χ2v) is 7.41. The number of nitrogens with zero attached hydrogens (tertiary/aromatic N) is 2. The van der Waals surface area contributed by atoms with Crippen molar-refractivity contribution in [2.45, 2.75) is 32.4 Å². The number of benzene rings is 2. The smallest absolute Gasteiger partial charge is 0.255 e. The Hall–Kier alpha value is -3.15. The number of hydrogen-bond donors (Lipinski definition) is 1. The second-order valence-electron chi connectivity index (χ2n) is 7.41. The van der Waals surface area contributed by atoms with Gasteiger partial charge in [-0.25, -0.2) is 0 Å². The van der Waals surface area contributed by atoms with Gasteiger partial charge in [0.25, 0.3) is 5.91 Å². The van der Waals surface area contributed by atoms with E-state index in [0.717, 1.165) is 29.7 Å². The summed E-state index contributed by atoms with van der Waals surface area (Å²) in [5.41, 5.74) is 3.24. The number of fused-ring (bicyclic) bond motifs is 1. The van der Waals surface area contributed by atoms with Crippen molar-refractivity contribution in [3.63, 3.8) is 0 Å². The molecular weight excluding hydrogens is 354 g/mol. The van der Waals surface area contributed by atoms with Gasteiger partial charge in [0.15, 0.2) is 0 Å². The van der Waals surface area contributed by atoms with Crippen molar-refractivity contribution in [3.05, 3.63) is 65.2 Å². The molecule has 0 radical (unpaired) electrons. The molecule has 0 spiro atoms. The molecule has 2 aliphatic rings. The van der Waals surface area contributed by atoms with E-state index in [1.807, 2.05) is 43.3 Å². The molecule has 28 heavy (non-hydrogen) atoms. The minimum Gasteiger partial charge on any atom is -0.329 e. The first-order valence-electron chi connectivity index (χ1n) is 9.57. The predicted molar refractivity (Wildman–Crippen MR) is 106 cm³/mol. The molecule has 0 saturated carbocycles. The molecule has 1 N–H and O–H groups in total. The van der Waals surface area contributed by atoms with Crippen LogP contribution in [-0.2, 0) is 16.1 Å². The van der Waals surface area contributed by atoms with Crippen LogP contribution >= 0.6 is 0 Å². The van der Waals surface area contributed by atoms with Gasteiger partial charge in [0.2, 0.25) is 11.8 Å². The summed E-state index contributed by atoms with van der Waals surface area (Å²) in [6, 6.07) is 14.5. The minimum absolute atomic E-state index is 0.0244. The maximum Gasteiger partial charge on any atom is 0.255 e. The number of aryl methyl sites for hydroxylation is 1. The lowest BCUT2D eigenvalue weighted by Gasteiger charge is -2.36. The number of nitrogens with one attached hydrogen (secondary N) is 1. The third-order valence-corrected chi connectivity index (χ3v) is 5.48. The number of carbonyl (C=O) groups excluding carboxylic acids is 3. The number of carbonyl (C=O) groups is 3. The van der Waals surface area contributed by atoms with Gasteiger partial charge in [0.05, 0.1) is 0 Å². The highest BCUT2D eigenvalue weighted by Gasteiger charge is 2.41. The Morgan fingerprint density at radius 3 is 2.61 bits per heavy atom. The molecule has 4 rings (SSSR count). The standard InChI is InChI=1S/C22H23N3O3/c1-15-5-2-3-6-18(15)23-21(27)17-10-8-16(9-11-17)13-24-14-20(26)25-12-4-7-19(25)22(24)28/h2-3,5-6,8-11,19H,4,7,12-14H2,1H3,(H,23,27)/t19-/m1/s1. The van der Waals surface area contributed by atoms with E-state index < -0.39 is 0 Å². The predicted octanol–water partition coefficient (Wildman–Crippen LogP) is 2.58. The molecule has 2 aromatic rings. The van der Waals surface area contributed by atoms with Gasteiger partial charge >= 0.3 is 0 Å². The van der Waals surface area contributed by atoms with Crippen molar-refractivity contribution < 1.29 is 14.4 Å². The van der Waals surface area contributed by atoms with E-state index in [4.69, 9.17) is 0 Å². The summed E-state index contributed by atoms with van der Waals surface area (Å²) in [6.07, 6.45) is 1.64. The Labute approximate surface area is 164 Å². The molecule has 2 heterocycles. The van der Waals surface area contributed by atoms with Gasteiger partial charge in [-0.15, -0.1) is 0 Å². The Kier molecular flexibility index (Phi) is 4.86. The first-order chi connectivity index (χ1) is 13.5. The van der Waals surface area contributed by atoms with Gasteiger partial charge in [0, 0.05) is 24.3 Å². The van der Waals surface area contributed by atoms with E-state index in [-0.39, 0.29) is 30.3 Å². The zero-order valence-corrected chi connectivity index (χ0v) is 15.9. The third kappa shape index (κ3) is 3.50. The third-order valence-electron chi connectivity index (χ3n) is 5.48. The number of para-hydroxylation sites is 1. The van der Waals surface area contributed by atoms with Crippen molar-refractivity contribution in [3.8, 4) is 0 Å². The van der Waals surface area contributed by atoms with Gasteiger partial charge < -0.3 is 15.1 Å². The molecule has 6 nitrogen and oxygen atoms in total. The van der Waals surface area contributed by atoms with Gasteiger partial charge in [-0.3, -0.25) is 14.4 Å². The lowest BCUT2D eigenvalue weighted by molar-refractivity contribution is -0.154. The fourth-order valence-corrected chi connectivity index (χ4v) is 3.89. The molecule has 2 aromatic carbocycles. The van der Waals surface area contributed by atoms with Crippen molar-refractivity contribution in [1.82, 2.24) is 9.80 Å². The molecule has 144 valence electrons. The highest BCUT2D eigenvalue weighted by Crippen LogP contribution is 2.25. The van der Waals surface area contributed by atoms with Crippen LogP contribution in [-0.4, -0.2) is 46.7 Å². The molecular formula is C22H23N3O3. The van der Waals surface area contributed by atoms with Crippen molar-refractivity contribution in [1.29, 1.82) is 0 Å². The fraction of sp³-hybridized carbons (Fsp3) is 0.318. The summed E-state index contributed by atoms with van der Waals surface area (Å²) in [6.45, 7) is 3.15. The van der Waals surface area contributed by atoms with Gasteiger partial charge in [-0.05, 0) is 49.1 Å². The van der Waals surface area contributed by atoms with Crippen LogP contribution in [0.2, 0.25) is 0 Å². The number of rotatable bonds is 4. The van der Waals surface area contributed by atoms with Crippen LogP contribution in [0.25, 0.3) is 0 Å². The molecule has 3 amide bonds. The van der Waals surface area contributed by atoms with Crippen LogP contribution in [0, 0.1) is 6.92 Å². The molecule has 6 heteroatoms. The lowest BCUT2D eigenvalue weighted by atomic mass is 10.1. The zero-order chi connectivity index (χ0) is 19.7. The lowest BCUT2D eigenvalue weighted by Crippen LogP contribution is -2.56. The molecule has 0 unspecified atom stereocenters. The van der Waals surface area contributed by atoms with E-state index in [1.54, 1.807) is 21.9 Å². The maximum absolute atomic E-state index is 12.6. The Morgan fingerprint density at radius 2 is 1.86 bits per heavy atom. The average molecular weight is 377 g/mol. The molecule has 0 bridgehead atoms. The largest absolute Gasteiger partial charge is 0.329 e. The highest BCUT2D eigenvalue weighted by molar-refractivity contribution is 6.04. The van der Waals surface area contributed by atoms with E-state index in [2.05, 4.69) is 5.32 Å². The number of amides is 3. The maximum atomic E-state index is 12.6. The summed E-state index contributed by atoms with van der Waals surface area (Å²) in [4.78, 5) is 40.7. The molecule has 2 aliphatic heterocycles. The molecule has 2 saturated heterocycles. The van der Waals surface area contributed by atoms with Crippen LogP contribution in [0.15, 0.2) is 48.5 Å². The van der Waals surface area contributed by atoms with Crippen LogP contribution < -0.4 is 5.32 Å². The number of piperazine rings is 1. The summed E-state index contributed by atoms with van der Waals surface area (Å²) >= 11 is 0. The summed E-state index contributed by atoms with van der Waals surface area (Å²) in [5, 5.41) is 2.91. The van der Waals surface area contributed by atoms with Crippen molar-refractivity contribution in [2.75, 3.05) is 18.4 Å². The SMILES string of the molecule is Cc1ccccc1NC(=O)c1ccc(CN2CC(=O)N3CCC[C@@H]3C2=O)cc1. The summed E-state index contributed by atoms with van der Waals surface area (Å²) in [5.74, 6) is -0.124. The Bertz CT molecular complexity index is 923. The number of hydrogen-bond acceptors (Lipinski definition) is 3. The van der Waals surface area contributed by atoms with Gasteiger partial charge in [0.1, 0.15) is 12.6 Å². The molecule has 1 atom stereocenters. The van der Waals surface area contributed by atoms with Crippen LogP contribution in [0.3, 0.4) is 0 Å². The van der Waals surface area contributed by atoms with Crippen LogP contribution in [0.5, 0.6) is 0 Å². The quantitative estimate of drug-likeness (QED) is 0.890. The summed E-state index contributed by atoms with van der Waals surface area (Å²) in [7, 11) is 0. The monoisotopic (exact) mass is 377 g/mol. The molecule has 0 aromatic heterocycles. The van der Waals surface area contributed by atoms with Crippen LogP contribution in [0.4, 0.5) is 5.69 Å². The van der Waals surface area contributed by atoms with Crippen molar-refractivity contribution >= 4 is 23.4 Å². The normalized spacial score (nSPS) is 19.0. The number of anilines is 1. The fourth-order valence-electron chi connectivity index (χ4n) is 3.89. The van der Waals surface area contributed by atoms with Gasteiger partial charge in [-0.1, -0.05) is 30.3 Å². The second kappa shape index (κ2) is 7.46. The first kappa shape index (κ1) is 18.2. The van der Waals surface area contributed by atoms with Crippen LogP contribution in [0.1, 0.15) is 34.3 Å². The molecule has 2 fully saturated rings. The summed E-state index contributed by atoms with van der Waals surface area (Å²) < 4.78 is 0. The van der Waals surface area contributed by atoms with E-state index in [9.17, 15) is 14.4 Å². The average Bonchev–Trinajstić information content (AvgIpc) is 3.19. The zero-order valence-electron chi connectivity index (χ0n) is 15.9. The Morgan fingerprint density at radius 1 is 1.11 bits per heavy atom. The first-order valence-corrected chi connectivity index (χ1v) is 9.57. The topological polar surface area (TPSA) is 69.7 Å². The van der Waals surface area contributed by atoms with Crippen molar-refractivity contribution in [2.24, 2.45) is 0 Å². The highest BCUT2D eigenvalue weighted by atomic mass is 16.2. The van der Waals surface area contributed by atoms with Gasteiger partial charge in [-0.2, -0.15) is 0 Å². The van der Waals surface area contributed by atoms with E-state index >= 15 is 0 Å². The van der Waals surface area contributed by atoms with E-state index in [0.29, 0.717) is 18.7 Å². The Balaban J connectivity index is 1.42. The van der Waals surface area contributed by atoms with E-state index in [1.165, 1.54) is 0 Å².